The maximum atomic E-state index is 13.0. The quantitative estimate of drug-likeness (QED) is 0.559. The topological polar surface area (TPSA) is 9.23 Å². The van der Waals surface area contributed by atoms with Crippen LogP contribution >= 0.6 is 0 Å². The zero-order valence-corrected chi connectivity index (χ0v) is 10.0. The van der Waals surface area contributed by atoms with Gasteiger partial charge in [0.1, 0.15) is 0 Å². The summed E-state index contributed by atoms with van der Waals surface area (Å²) in [6.45, 7) is 8.19. The Morgan fingerprint density at radius 2 is 1.67 bits per heavy atom. The molecule has 0 aliphatic carbocycles. The number of hydrogen-bond acceptors (Lipinski definition) is 1. The van der Waals surface area contributed by atoms with E-state index >= 15 is 0 Å². The van der Waals surface area contributed by atoms with E-state index in [0.717, 1.165) is 0 Å². The van der Waals surface area contributed by atoms with Crippen LogP contribution < -0.4 is 0 Å². The summed E-state index contributed by atoms with van der Waals surface area (Å²) in [7, 11) is -3.52. The molecule has 2 atom stereocenters. The van der Waals surface area contributed by atoms with Gasteiger partial charge in [0.15, 0.2) is 14.0 Å². The average Bonchev–Trinajstić information content (AvgIpc) is 1.82. The highest BCUT2D eigenvalue weighted by Gasteiger charge is 2.52. The molecule has 12 heavy (non-hydrogen) atoms. The van der Waals surface area contributed by atoms with Gasteiger partial charge in [-0.1, -0.05) is 13.1 Å². The molecule has 1 fully saturated rings. The van der Waals surface area contributed by atoms with Crippen LogP contribution in [0, 0.1) is 0 Å². The molecule has 1 rings (SSSR count). The molecule has 1 heterocycles. The minimum Gasteiger partial charge on any atom is -0.390 e. The van der Waals surface area contributed by atoms with Crippen LogP contribution in [0.3, 0.4) is 0 Å². The second-order valence-electron chi connectivity index (χ2n) is 4.58. The average molecular weight is 210 g/mol. The van der Waals surface area contributed by atoms with Gasteiger partial charge in [-0.15, -0.1) is 0 Å². The van der Waals surface area contributed by atoms with Gasteiger partial charge in [0.2, 0.25) is 6.36 Å². The fourth-order valence-electron chi connectivity index (χ4n) is 1.34. The summed E-state index contributed by atoms with van der Waals surface area (Å²) in [5, 5.41) is 0. The van der Waals surface area contributed by atoms with Gasteiger partial charge in [-0.25, -0.2) is 8.78 Å². The first-order valence-electron chi connectivity index (χ1n) is 4.22. The van der Waals surface area contributed by atoms with Crippen LogP contribution in [-0.4, -0.2) is 28.0 Å². The maximum absolute atomic E-state index is 13.0. The standard InChI is InChI=1S/C7H16F2OSi2/c1-11(2)5-6(8)7(9)10-12(11,3)4/h6-7H,5H2,1-4H3. The molecule has 0 spiro atoms. The van der Waals surface area contributed by atoms with E-state index in [-0.39, 0.29) is 0 Å². The van der Waals surface area contributed by atoms with Crippen molar-refractivity contribution in [1.29, 1.82) is 0 Å². The molecule has 2 unspecified atom stereocenters. The van der Waals surface area contributed by atoms with Crippen molar-refractivity contribution in [3.63, 3.8) is 0 Å². The molecule has 0 aromatic carbocycles. The molecule has 1 aliphatic rings. The van der Waals surface area contributed by atoms with Gasteiger partial charge in [0.25, 0.3) is 0 Å². The van der Waals surface area contributed by atoms with E-state index in [0.29, 0.717) is 6.04 Å². The van der Waals surface area contributed by atoms with Crippen LogP contribution in [-0.2, 0) is 4.43 Å². The molecule has 0 radical (unpaired) electrons. The number of halogens is 2. The second kappa shape index (κ2) is 2.88. The van der Waals surface area contributed by atoms with Crippen molar-refractivity contribution >= 4 is 15.4 Å². The molecular formula is C7H16F2OSi2. The molecule has 0 aromatic rings. The Bertz CT molecular complexity index is 164. The van der Waals surface area contributed by atoms with E-state index in [1.165, 1.54) is 0 Å². The first kappa shape index (κ1) is 10.3. The van der Waals surface area contributed by atoms with E-state index in [1.807, 2.05) is 13.1 Å². The Morgan fingerprint density at radius 3 is 2.08 bits per heavy atom. The van der Waals surface area contributed by atoms with E-state index in [9.17, 15) is 8.78 Å². The lowest BCUT2D eigenvalue weighted by molar-refractivity contribution is -0.00870. The first-order chi connectivity index (χ1) is 5.26. The van der Waals surface area contributed by atoms with Gasteiger partial charge in [0.05, 0.1) is 7.59 Å². The van der Waals surface area contributed by atoms with Gasteiger partial charge < -0.3 is 4.43 Å². The molecule has 5 heteroatoms. The van der Waals surface area contributed by atoms with E-state index in [1.54, 1.807) is 0 Å². The second-order valence-corrected chi connectivity index (χ2v) is 19.7. The molecule has 1 saturated heterocycles. The van der Waals surface area contributed by atoms with Crippen molar-refractivity contribution in [3.8, 4) is 0 Å². The smallest absolute Gasteiger partial charge is 0.220 e. The Hall–Kier alpha value is 0.254. The number of alkyl halides is 2. The fourth-order valence-corrected chi connectivity index (χ4v) is 7.38. The minimum atomic E-state index is -1.90. The molecular weight excluding hydrogens is 194 g/mol. The molecule has 0 aromatic heterocycles. The lowest BCUT2D eigenvalue weighted by Gasteiger charge is -2.44. The minimum absolute atomic E-state index is 0.424. The first-order valence-corrected chi connectivity index (χ1v) is 11.3. The van der Waals surface area contributed by atoms with Gasteiger partial charge in [-0.2, -0.15) is 0 Å². The predicted molar refractivity (Wildman–Crippen MR) is 50.6 cm³/mol. The molecule has 0 amide bonds. The highest BCUT2D eigenvalue weighted by atomic mass is 29.3. The molecule has 1 aliphatic heterocycles. The van der Waals surface area contributed by atoms with Crippen LogP contribution in [0.2, 0.25) is 32.2 Å². The van der Waals surface area contributed by atoms with Crippen molar-refractivity contribution in [3.05, 3.63) is 0 Å². The van der Waals surface area contributed by atoms with E-state index in [2.05, 4.69) is 13.1 Å². The molecule has 0 N–H and O–H groups in total. The van der Waals surface area contributed by atoms with Crippen molar-refractivity contribution in [2.24, 2.45) is 0 Å². The summed E-state index contributed by atoms with van der Waals surface area (Å²) in [4.78, 5) is 0. The highest BCUT2D eigenvalue weighted by molar-refractivity contribution is 7.38. The van der Waals surface area contributed by atoms with Gasteiger partial charge in [0, 0.05) is 0 Å². The van der Waals surface area contributed by atoms with Crippen molar-refractivity contribution in [2.45, 2.75) is 44.8 Å². The van der Waals surface area contributed by atoms with E-state index < -0.39 is 28.0 Å². The maximum Gasteiger partial charge on any atom is 0.220 e. The van der Waals surface area contributed by atoms with Crippen LogP contribution in [0.5, 0.6) is 0 Å². The number of rotatable bonds is 0. The van der Waals surface area contributed by atoms with E-state index in [4.69, 9.17) is 4.43 Å². The summed E-state index contributed by atoms with van der Waals surface area (Å²) in [6, 6.07) is 0.424. The summed E-state index contributed by atoms with van der Waals surface area (Å²) in [5.41, 5.74) is 0. The largest absolute Gasteiger partial charge is 0.390 e. The monoisotopic (exact) mass is 210 g/mol. The predicted octanol–water partition coefficient (Wildman–Crippen LogP) is 2.64. The van der Waals surface area contributed by atoms with Crippen molar-refractivity contribution < 1.29 is 13.2 Å². The normalized spacial score (nSPS) is 39.5. The Labute approximate surface area is 74.0 Å². The third kappa shape index (κ3) is 1.62. The fraction of sp³-hybridized carbons (Fsp3) is 1.00. The zero-order chi connectivity index (χ0) is 9.57. The van der Waals surface area contributed by atoms with Crippen LogP contribution in [0.15, 0.2) is 0 Å². The Balaban J connectivity index is 2.80. The third-order valence-corrected chi connectivity index (χ3v) is 19.3. The summed E-state index contributed by atoms with van der Waals surface area (Å²) in [5.74, 6) is 0. The molecule has 0 bridgehead atoms. The van der Waals surface area contributed by atoms with Crippen LogP contribution in [0.25, 0.3) is 0 Å². The lowest BCUT2D eigenvalue weighted by atomic mass is 10.4. The Morgan fingerprint density at radius 1 is 1.17 bits per heavy atom. The van der Waals surface area contributed by atoms with Crippen molar-refractivity contribution in [2.75, 3.05) is 0 Å². The van der Waals surface area contributed by atoms with Gasteiger partial charge in [-0.3, -0.25) is 0 Å². The highest BCUT2D eigenvalue weighted by Crippen LogP contribution is 2.35. The van der Waals surface area contributed by atoms with Gasteiger partial charge in [-0.05, 0) is 19.1 Å². The summed E-state index contributed by atoms with van der Waals surface area (Å²) < 4.78 is 31.0. The summed E-state index contributed by atoms with van der Waals surface area (Å²) >= 11 is 0. The van der Waals surface area contributed by atoms with Crippen molar-refractivity contribution in [1.82, 2.24) is 0 Å². The summed E-state index contributed by atoms with van der Waals surface area (Å²) in [6.07, 6.45) is -3.04. The SMILES string of the molecule is C[Si]1(C)CC(F)C(F)O[Si]1(C)C. The van der Waals surface area contributed by atoms with Crippen LogP contribution in [0.4, 0.5) is 8.78 Å². The molecule has 1 nitrogen and oxygen atoms in total. The Kier molecular flexibility index (Phi) is 2.48. The van der Waals surface area contributed by atoms with Crippen LogP contribution in [0.1, 0.15) is 0 Å². The zero-order valence-electron chi connectivity index (χ0n) is 8.03. The lowest BCUT2D eigenvalue weighted by Crippen LogP contribution is -2.64. The van der Waals surface area contributed by atoms with Gasteiger partial charge >= 0.3 is 0 Å². The number of hydrogen-bond donors (Lipinski definition) is 0. The molecule has 72 valence electrons. The third-order valence-electron chi connectivity index (χ3n) is 3.03. The molecule has 0 saturated carbocycles.